The maximum Gasteiger partial charge on any atom is 0.416 e. The van der Waals surface area contributed by atoms with Crippen LogP contribution in [0.15, 0.2) is 60.7 Å². The van der Waals surface area contributed by atoms with Crippen molar-refractivity contribution in [2.75, 3.05) is 12.3 Å². The monoisotopic (exact) mass is 467 g/mol. The topological polar surface area (TPSA) is 59.2 Å². The molecule has 0 saturated heterocycles. The number of nitrogens with two attached hydrogens (primary N) is 1. The molecule has 4 nitrogen and oxygen atoms in total. The molecule has 1 heterocycles. The Balaban J connectivity index is 1.56. The fraction of sp³-hybridized carbons (Fsp3) is 0.333. The summed E-state index contributed by atoms with van der Waals surface area (Å²) >= 11 is 0. The van der Waals surface area contributed by atoms with Crippen LogP contribution in [0.5, 0.6) is 0 Å². The molecular formula is C27H28F3N3O. The highest BCUT2D eigenvalue weighted by Gasteiger charge is 2.30. The van der Waals surface area contributed by atoms with Gasteiger partial charge in [-0.05, 0) is 67.0 Å². The molecule has 0 bridgehead atoms. The van der Waals surface area contributed by atoms with Crippen molar-refractivity contribution >= 4 is 11.6 Å². The molecule has 7 heteroatoms. The van der Waals surface area contributed by atoms with Crippen LogP contribution in [0.3, 0.4) is 0 Å². The third-order valence-corrected chi connectivity index (χ3v) is 6.41. The first-order valence-electron chi connectivity index (χ1n) is 11.5. The van der Waals surface area contributed by atoms with Gasteiger partial charge in [0, 0.05) is 18.8 Å². The van der Waals surface area contributed by atoms with Crippen molar-refractivity contribution < 1.29 is 18.0 Å². The van der Waals surface area contributed by atoms with E-state index in [1.54, 1.807) is 30.0 Å². The molecule has 2 aromatic carbocycles. The van der Waals surface area contributed by atoms with E-state index in [4.69, 9.17) is 5.73 Å². The molecule has 0 unspecified atom stereocenters. The molecule has 2 N–H and O–H groups in total. The van der Waals surface area contributed by atoms with Gasteiger partial charge in [-0.1, -0.05) is 48.9 Å². The number of hydrogen-bond donors (Lipinski definition) is 1. The van der Waals surface area contributed by atoms with Gasteiger partial charge in [0.05, 0.1) is 11.3 Å². The average molecular weight is 468 g/mol. The SMILES string of the molecule is Cc1ccc(N)c(C(=O)N(CCc2cccc(C(F)(F)F)c2)Cc2ccc(C3CCC3)cc2)n1. The molecule has 1 aliphatic carbocycles. The van der Waals surface area contributed by atoms with Gasteiger partial charge in [0.2, 0.25) is 0 Å². The van der Waals surface area contributed by atoms with Crippen molar-refractivity contribution in [3.05, 3.63) is 94.3 Å². The summed E-state index contributed by atoms with van der Waals surface area (Å²) in [6.45, 7) is 2.33. The van der Waals surface area contributed by atoms with E-state index in [1.165, 1.54) is 30.9 Å². The van der Waals surface area contributed by atoms with E-state index in [9.17, 15) is 18.0 Å². The molecule has 0 radical (unpaired) electrons. The molecule has 0 atom stereocenters. The Morgan fingerprint density at radius 2 is 1.79 bits per heavy atom. The largest absolute Gasteiger partial charge is 0.416 e. The Bertz CT molecular complexity index is 1150. The number of aromatic nitrogens is 1. The fourth-order valence-electron chi connectivity index (χ4n) is 4.17. The van der Waals surface area contributed by atoms with E-state index in [1.807, 2.05) is 12.1 Å². The van der Waals surface area contributed by atoms with Crippen LogP contribution in [0.1, 0.15) is 63.6 Å². The molecule has 0 aliphatic heterocycles. The van der Waals surface area contributed by atoms with E-state index in [-0.39, 0.29) is 30.3 Å². The number of pyridine rings is 1. The lowest BCUT2D eigenvalue weighted by Crippen LogP contribution is -2.33. The molecule has 1 saturated carbocycles. The second-order valence-corrected chi connectivity index (χ2v) is 8.93. The number of benzene rings is 2. The van der Waals surface area contributed by atoms with Crippen molar-refractivity contribution in [2.45, 2.75) is 51.2 Å². The normalized spacial score (nSPS) is 14.0. The number of hydrogen-bond acceptors (Lipinski definition) is 3. The van der Waals surface area contributed by atoms with Gasteiger partial charge in [0.25, 0.3) is 5.91 Å². The summed E-state index contributed by atoms with van der Waals surface area (Å²) in [4.78, 5) is 19.3. The summed E-state index contributed by atoms with van der Waals surface area (Å²) in [6.07, 6.45) is -0.456. The Hall–Kier alpha value is -3.35. The lowest BCUT2D eigenvalue weighted by molar-refractivity contribution is -0.137. The second kappa shape index (κ2) is 9.87. The Kier molecular flexibility index (Phi) is 6.91. The Labute approximate surface area is 197 Å². The van der Waals surface area contributed by atoms with Crippen LogP contribution in [0.25, 0.3) is 0 Å². The molecule has 1 amide bonds. The zero-order valence-electron chi connectivity index (χ0n) is 19.1. The van der Waals surface area contributed by atoms with E-state index in [0.29, 0.717) is 23.7 Å². The number of anilines is 1. The number of carbonyl (C=O) groups is 1. The zero-order valence-corrected chi connectivity index (χ0v) is 19.1. The van der Waals surface area contributed by atoms with Gasteiger partial charge in [-0.25, -0.2) is 4.98 Å². The third kappa shape index (κ3) is 5.58. The number of carbonyl (C=O) groups excluding carboxylic acids is 1. The van der Waals surface area contributed by atoms with E-state index < -0.39 is 11.7 Å². The number of alkyl halides is 3. The van der Waals surface area contributed by atoms with Crippen LogP contribution in [-0.2, 0) is 19.1 Å². The van der Waals surface area contributed by atoms with Crippen molar-refractivity contribution in [3.8, 4) is 0 Å². The summed E-state index contributed by atoms with van der Waals surface area (Å²) in [5, 5.41) is 0. The van der Waals surface area contributed by atoms with E-state index >= 15 is 0 Å². The predicted molar refractivity (Wildman–Crippen MR) is 126 cm³/mol. The zero-order chi connectivity index (χ0) is 24.3. The maximum atomic E-state index is 13.4. The lowest BCUT2D eigenvalue weighted by atomic mass is 9.80. The van der Waals surface area contributed by atoms with Gasteiger partial charge in [-0.15, -0.1) is 0 Å². The lowest BCUT2D eigenvalue weighted by Gasteiger charge is -2.27. The standard InChI is InChI=1S/C27H28F3N3O/c1-18-8-13-24(31)25(32-18)26(34)33(15-14-19-4-2-7-23(16-19)27(28,29)30)17-20-9-11-22(12-10-20)21-5-3-6-21/h2,4,7-13,16,21H,3,5-6,14-15,17,31H2,1H3. The van der Waals surface area contributed by atoms with Crippen LogP contribution < -0.4 is 5.73 Å². The van der Waals surface area contributed by atoms with E-state index in [0.717, 1.165) is 17.7 Å². The predicted octanol–water partition coefficient (Wildman–Crippen LogP) is 6.14. The smallest absolute Gasteiger partial charge is 0.397 e. The molecular weight excluding hydrogens is 439 g/mol. The maximum absolute atomic E-state index is 13.4. The van der Waals surface area contributed by atoms with Gasteiger partial charge >= 0.3 is 6.18 Å². The summed E-state index contributed by atoms with van der Waals surface area (Å²) in [7, 11) is 0. The van der Waals surface area contributed by atoms with Crippen LogP contribution in [0, 0.1) is 6.92 Å². The highest BCUT2D eigenvalue weighted by molar-refractivity contribution is 5.97. The van der Waals surface area contributed by atoms with Gasteiger partial charge in [-0.2, -0.15) is 13.2 Å². The molecule has 1 aromatic heterocycles. The second-order valence-electron chi connectivity index (χ2n) is 8.93. The average Bonchev–Trinajstić information content (AvgIpc) is 2.77. The highest BCUT2D eigenvalue weighted by atomic mass is 19.4. The van der Waals surface area contributed by atoms with Crippen LogP contribution in [-0.4, -0.2) is 22.3 Å². The molecule has 0 spiro atoms. The van der Waals surface area contributed by atoms with E-state index in [2.05, 4.69) is 17.1 Å². The van der Waals surface area contributed by atoms with Crippen molar-refractivity contribution in [2.24, 2.45) is 0 Å². The fourth-order valence-corrected chi connectivity index (χ4v) is 4.17. The minimum Gasteiger partial charge on any atom is -0.397 e. The van der Waals surface area contributed by atoms with Crippen LogP contribution in [0.4, 0.5) is 18.9 Å². The minimum atomic E-state index is -4.41. The quantitative estimate of drug-likeness (QED) is 0.454. The third-order valence-electron chi connectivity index (χ3n) is 6.41. The number of rotatable bonds is 7. The van der Waals surface area contributed by atoms with Gasteiger partial charge in [0.1, 0.15) is 0 Å². The van der Waals surface area contributed by atoms with Gasteiger partial charge in [-0.3, -0.25) is 4.79 Å². The molecule has 178 valence electrons. The summed E-state index contributed by atoms with van der Waals surface area (Å²) in [5.41, 5.74) is 9.22. The first-order valence-corrected chi connectivity index (χ1v) is 11.5. The molecule has 1 fully saturated rings. The minimum absolute atomic E-state index is 0.162. The summed E-state index contributed by atoms with van der Waals surface area (Å²) < 4.78 is 39.4. The van der Waals surface area contributed by atoms with Gasteiger partial charge in [0.15, 0.2) is 5.69 Å². The number of halogens is 3. The van der Waals surface area contributed by atoms with Crippen LogP contribution in [0.2, 0.25) is 0 Å². The highest BCUT2D eigenvalue weighted by Crippen LogP contribution is 2.36. The molecule has 3 aromatic rings. The summed E-state index contributed by atoms with van der Waals surface area (Å²) in [6, 6.07) is 16.8. The van der Waals surface area contributed by atoms with Crippen molar-refractivity contribution in [3.63, 3.8) is 0 Å². The first-order chi connectivity index (χ1) is 16.2. The Morgan fingerprint density at radius 3 is 2.44 bits per heavy atom. The molecule has 1 aliphatic rings. The molecule has 4 rings (SSSR count). The number of nitrogens with zero attached hydrogens (tertiary/aromatic N) is 2. The van der Waals surface area contributed by atoms with Gasteiger partial charge < -0.3 is 10.6 Å². The first kappa shape index (κ1) is 23.8. The van der Waals surface area contributed by atoms with Crippen molar-refractivity contribution in [1.82, 2.24) is 9.88 Å². The number of aryl methyl sites for hydroxylation is 1. The van der Waals surface area contributed by atoms with Crippen LogP contribution >= 0.6 is 0 Å². The number of nitrogen functional groups attached to an aromatic ring is 1. The summed E-state index contributed by atoms with van der Waals surface area (Å²) in [5.74, 6) is 0.278. The molecule has 34 heavy (non-hydrogen) atoms. The number of amides is 1. The Morgan fingerprint density at radius 1 is 1.06 bits per heavy atom. The van der Waals surface area contributed by atoms with Crippen molar-refractivity contribution in [1.29, 1.82) is 0 Å².